The fourth-order valence-electron chi connectivity index (χ4n) is 1.91. The Morgan fingerprint density at radius 3 is 2.43 bits per heavy atom. The van der Waals surface area contributed by atoms with Crippen molar-refractivity contribution >= 4 is 5.69 Å². The third-order valence-electron chi connectivity index (χ3n) is 2.64. The molecule has 1 atom stereocenters. The van der Waals surface area contributed by atoms with Crippen LogP contribution in [0.3, 0.4) is 0 Å². The van der Waals surface area contributed by atoms with Gasteiger partial charge in [-0.15, -0.1) is 0 Å². The van der Waals surface area contributed by atoms with Crippen molar-refractivity contribution in [1.29, 1.82) is 0 Å². The molecule has 1 saturated heterocycles. The van der Waals surface area contributed by atoms with Gasteiger partial charge < -0.3 is 5.21 Å². The van der Waals surface area contributed by atoms with E-state index < -0.39 is 4.76 Å². The van der Waals surface area contributed by atoms with E-state index in [1.807, 2.05) is 30.3 Å². The van der Waals surface area contributed by atoms with Crippen LogP contribution in [0.25, 0.3) is 0 Å². The minimum absolute atomic E-state index is 0.0809. The molecule has 3 heteroatoms. The lowest BCUT2D eigenvalue weighted by Crippen LogP contribution is -2.49. The maximum absolute atomic E-state index is 12.3. The Morgan fingerprint density at radius 1 is 1.29 bits per heavy atom. The minimum Gasteiger partial charge on any atom is -0.606 e. The fourth-order valence-corrected chi connectivity index (χ4v) is 1.91. The Labute approximate surface area is 84.5 Å². The smallest absolute Gasteiger partial charge is 0.152 e. The third-order valence-corrected chi connectivity index (χ3v) is 2.64. The lowest BCUT2D eigenvalue weighted by Gasteiger charge is -2.37. The monoisotopic (exact) mass is 192 g/mol. The number of nitrogens with one attached hydrogen (secondary N) is 1. The van der Waals surface area contributed by atoms with Gasteiger partial charge in [0, 0.05) is 17.5 Å². The van der Waals surface area contributed by atoms with Gasteiger partial charge in [0.25, 0.3) is 0 Å². The van der Waals surface area contributed by atoms with E-state index in [4.69, 9.17) is 0 Å². The standard InChI is InChI=1S/C11H16N2O/c1-11(2)8-12-13(14,9-11)10-6-4-3-5-7-10/h3-7,12H,8-9H2,1-2H3/t13-/m0/s1. The summed E-state index contributed by atoms with van der Waals surface area (Å²) in [7, 11) is 0. The highest BCUT2D eigenvalue weighted by molar-refractivity contribution is 5.43. The number of nitrogens with zero attached hydrogens (tertiary/aromatic N) is 1. The average molecular weight is 192 g/mol. The Kier molecular flexibility index (Phi) is 2.10. The molecule has 0 unspecified atom stereocenters. The van der Waals surface area contributed by atoms with Crippen LogP contribution in [0.1, 0.15) is 13.8 Å². The van der Waals surface area contributed by atoms with Crippen molar-refractivity contribution in [3.63, 3.8) is 0 Å². The molecule has 1 aromatic rings. The number of para-hydroxylation sites is 1. The lowest BCUT2D eigenvalue weighted by molar-refractivity contribution is 0.327. The van der Waals surface area contributed by atoms with Crippen LogP contribution in [0, 0.1) is 10.6 Å². The largest absolute Gasteiger partial charge is 0.606 e. The van der Waals surface area contributed by atoms with E-state index in [-0.39, 0.29) is 5.41 Å². The predicted octanol–water partition coefficient (Wildman–Crippen LogP) is 2.04. The van der Waals surface area contributed by atoms with Crippen LogP contribution in [0.5, 0.6) is 0 Å². The van der Waals surface area contributed by atoms with E-state index >= 15 is 0 Å². The molecular weight excluding hydrogens is 176 g/mol. The molecule has 1 aliphatic rings. The Bertz CT molecular complexity index is 323. The van der Waals surface area contributed by atoms with Crippen molar-refractivity contribution < 1.29 is 0 Å². The molecule has 76 valence electrons. The van der Waals surface area contributed by atoms with Crippen LogP contribution in [0.4, 0.5) is 5.69 Å². The number of hydrogen-bond donors (Lipinski definition) is 1. The molecule has 0 amide bonds. The molecule has 0 aromatic heterocycles. The summed E-state index contributed by atoms with van der Waals surface area (Å²) in [6.07, 6.45) is 0. The van der Waals surface area contributed by atoms with E-state index in [2.05, 4.69) is 19.3 Å². The van der Waals surface area contributed by atoms with Gasteiger partial charge in [0.05, 0.1) is 6.54 Å². The number of hydroxylamine groups is 1. The van der Waals surface area contributed by atoms with E-state index in [1.54, 1.807) is 0 Å². The maximum atomic E-state index is 12.3. The third kappa shape index (κ3) is 1.66. The zero-order chi connectivity index (χ0) is 10.2. The predicted molar refractivity (Wildman–Crippen MR) is 58.3 cm³/mol. The molecule has 1 fully saturated rings. The van der Waals surface area contributed by atoms with Gasteiger partial charge in [0.2, 0.25) is 0 Å². The van der Waals surface area contributed by atoms with E-state index in [0.717, 1.165) is 12.2 Å². The summed E-state index contributed by atoms with van der Waals surface area (Å²) < 4.78 is -0.395. The van der Waals surface area contributed by atoms with E-state index in [0.29, 0.717) is 6.54 Å². The molecule has 0 aliphatic carbocycles. The van der Waals surface area contributed by atoms with Gasteiger partial charge in [-0.2, -0.15) is 5.43 Å². The topological polar surface area (TPSA) is 35.1 Å². The van der Waals surface area contributed by atoms with Gasteiger partial charge in [-0.25, -0.2) is 4.76 Å². The summed E-state index contributed by atoms with van der Waals surface area (Å²) in [6.45, 7) is 5.59. The van der Waals surface area contributed by atoms with Crippen LogP contribution in [-0.4, -0.2) is 13.1 Å². The molecule has 1 heterocycles. The summed E-state index contributed by atoms with van der Waals surface area (Å²) in [4.78, 5) is 0. The minimum atomic E-state index is -0.395. The molecule has 0 radical (unpaired) electrons. The van der Waals surface area contributed by atoms with Gasteiger partial charge in [0.15, 0.2) is 5.69 Å². The molecule has 0 bridgehead atoms. The molecule has 2 rings (SSSR count). The SMILES string of the molecule is CC1(C)CN[N@@+]([O-])(c2ccccc2)C1. The highest BCUT2D eigenvalue weighted by Crippen LogP contribution is 2.31. The van der Waals surface area contributed by atoms with Gasteiger partial charge in [-0.05, 0) is 0 Å². The summed E-state index contributed by atoms with van der Waals surface area (Å²) in [6, 6.07) is 9.49. The van der Waals surface area contributed by atoms with Crippen LogP contribution in [-0.2, 0) is 0 Å². The van der Waals surface area contributed by atoms with Crippen molar-refractivity contribution in [1.82, 2.24) is 10.2 Å². The summed E-state index contributed by atoms with van der Waals surface area (Å²) in [5, 5.41) is 12.3. The molecule has 3 nitrogen and oxygen atoms in total. The van der Waals surface area contributed by atoms with Gasteiger partial charge in [-0.1, -0.05) is 32.0 Å². The first-order valence-electron chi connectivity index (χ1n) is 4.92. The second kappa shape index (κ2) is 3.05. The van der Waals surface area contributed by atoms with E-state index in [1.165, 1.54) is 0 Å². The van der Waals surface area contributed by atoms with Crippen molar-refractivity contribution in [3.05, 3.63) is 35.5 Å². The number of benzene rings is 1. The van der Waals surface area contributed by atoms with E-state index in [9.17, 15) is 5.21 Å². The molecular formula is C11H16N2O. The molecule has 1 aromatic carbocycles. The Hall–Kier alpha value is -0.900. The molecule has 14 heavy (non-hydrogen) atoms. The second-order valence-corrected chi connectivity index (χ2v) is 4.73. The van der Waals surface area contributed by atoms with Crippen LogP contribution < -0.4 is 10.2 Å². The summed E-state index contributed by atoms with van der Waals surface area (Å²) in [5.41, 5.74) is 3.89. The number of rotatable bonds is 1. The van der Waals surface area contributed by atoms with Gasteiger partial charge in [-0.3, -0.25) is 0 Å². The van der Waals surface area contributed by atoms with Crippen molar-refractivity contribution in [2.75, 3.05) is 13.1 Å². The second-order valence-electron chi connectivity index (χ2n) is 4.73. The zero-order valence-corrected chi connectivity index (χ0v) is 8.66. The van der Waals surface area contributed by atoms with Crippen molar-refractivity contribution in [2.24, 2.45) is 5.41 Å². The van der Waals surface area contributed by atoms with Crippen molar-refractivity contribution in [3.8, 4) is 0 Å². The zero-order valence-electron chi connectivity index (χ0n) is 8.66. The number of quaternary nitrogens is 1. The molecule has 1 N–H and O–H groups in total. The summed E-state index contributed by atoms with van der Waals surface area (Å²) >= 11 is 0. The molecule has 0 saturated carbocycles. The number of hydrogen-bond acceptors (Lipinski definition) is 2. The first kappa shape index (κ1) is 9.65. The first-order chi connectivity index (χ1) is 6.52. The summed E-state index contributed by atoms with van der Waals surface area (Å²) in [5.74, 6) is 0. The van der Waals surface area contributed by atoms with Crippen LogP contribution in [0.2, 0.25) is 0 Å². The first-order valence-corrected chi connectivity index (χ1v) is 4.92. The maximum Gasteiger partial charge on any atom is 0.152 e. The highest BCUT2D eigenvalue weighted by atomic mass is 16.6. The van der Waals surface area contributed by atoms with Crippen LogP contribution in [0.15, 0.2) is 30.3 Å². The Balaban J connectivity index is 2.27. The fraction of sp³-hybridized carbons (Fsp3) is 0.455. The Morgan fingerprint density at radius 2 is 1.93 bits per heavy atom. The highest BCUT2D eigenvalue weighted by Gasteiger charge is 2.38. The van der Waals surface area contributed by atoms with Crippen LogP contribution >= 0.6 is 0 Å². The normalized spacial score (nSPS) is 30.5. The average Bonchev–Trinajstić information content (AvgIpc) is 2.44. The molecule has 0 spiro atoms. The molecule has 1 aliphatic heterocycles. The quantitative estimate of drug-likeness (QED) is 0.546. The lowest BCUT2D eigenvalue weighted by atomic mass is 9.95. The van der Waals surface area contributed by atoms with Gasteiger partial charge in [0.1, 0.15) is 6.54 Å². The van der Waals surface area contributed by atoms with Crippen molar-refractivity contribution in [2.45, 2.75) is 13.8 Å². The van der Waals surface area contributed by atoms with Gasteiger partial charge >= 0.3 is 0 Å².